The number of imide groups is 1. The standard InChI is InChI=1S/C24H23N5O3/c1-16-15-28-20-21(25-23(28)29(16)18-10-12-19(30)13-11-18)26(2)24(32)27(22(20)31)14-6-9-17-7-4-3-5-8-17/h3-13,15,20-21,30H,14H2,1-2H3/b9-6+. The molecule has 1 fully saturated rings. The van der Waals surface area contributed by atoms with Crippen LogP contribution in [-0.4, -0.2) is 63.5 Å². The van der Waals surface area contributed by atoms with Gasteiger partial charge in [-0.05, 0) is 36.8 Å². The summed E-state index contributed by atoms with van der Waals surface area (Å²) in [6.45, 7) is 2.12. The Labute approximate surface area is 186 Å². The van der Waals surface area contributed by atoms with Gasteiger partial charge in [0.1, 0.15) is 5.75 Å². The SMILES string of the molecule is CC1=CN2C(=NC3C2C(=O)N(C/C=C/c2ccccc2)C(=O)N3C)N1c1ccc(O)cc1. The number of guanidine groups is 1. The number of anilines is 1. The minimum atomic E-state index is -0.616. The molecule has 0 aromatic heterocycles. The number of likely N-dealkylation sites (N-methyl/N-ethyl adjacent to an activating group) is 1. The molecule has 0 aliphatic carbocycles. The molecule has 3 heterocycles. The number of amides is 3. The molecule has 3 aliphatic rings. The predicted molar refractivity (Wildman–Crippen MR) is 122 cm³/mol. The number of carbonyl (C=O) groups excluding carboxylic acids is 2. The fraction of sp³-hybridized carbons (Fsp3) is 0.208. The van der Waals surface area contributed by atoms with Gasteiger partial charge in [-0.25, -0.2) is 9.79 Å². The number of rotatable bonds is 4. The van der Waals surface area contributed by atoms with Crippen molar-refractivity contribution in [3.8, 4) is 5.75 Å². The molecule has 2 aromatic carbocycles. The van der Waals surface area contributed by atoms with Gasteiger partial charge >= 0.3 is 6.03 Å². The summed E-state index contributed by atoms with van der Waals surface area (Å²) in [4.78, 5) is 37.6. The largest absolute Gasteiger partial charge is 0.508 e. The molecule has 32 heavy (non-hydrogen) atoms. The van der Waals surface area contributed by atoms with Crippen molar-refractivity contribution in [1.29, 1.82) is 0 Å². The first-order valence-electron chi connectivity index (χ1n) is 10.4. The van der Waals surface area contributed by atoms with E-state index >= 15 is 0 Å². The Balaban J connectivity index is 1.41. The maximum Gasteiger partial charge on any atom is 0.328 e. The summed E-state index contributed by atoms with van der Waals surface area (Å²) in [7, 11) is 1.67. The predicted octanol–water partition coefficient (Wildman–Crippen LogP) is 3.05. The third kappa shape index (κ3) is 3.11. The Hall–Kier alpha value is -4.07. The van der Waals surface area contributed by atoms with Crippen LogP contribution in [-0.2, 0) is 4.79 Å². The van der Waals surface area contributed by atoms with Crippen molar-refractivity contribution in [2.75, 3.05) is 18.5 Å². The van der Waals surface area contributed by atoms with Crippen molar-refractivity contribution in [3.63, 3.8) is 0 Å². The lowest BCUT2D eigenvalue weighted by Gasteiger charge is -2.39. The third-order valence-corrected chi connectivity index (χ3v) is 5.89. The van der Waals surface area contributed by atoms with Crippen molar-refractivity contribution in [1.82, 2.24) is 14.7 Å². The molecular formula is C24H23N5O3. The quantitative estimate of drug-likeness (QED) is 0.808. The molecule has 8 nitrogen and oxygen atoms in total. The average Bonchev–Trinajstić information content (AvgIpc) is 3.31. The molecule has 8 heteroatoms. The van der Waals surface area contributed by atoms with Gasteiger partial charge in [0.15, 0.2) is 12.2 Å². The Bertz CT molecular complexity index is 1160. The van der Waals surface area contributed by atoms with Gasteiger partial charge < -0.3 is 14.9 Å². The van der Waals surface area contributed by atoms with Crippen molar-refractivity contribution in [2.45, 2.75) is 19.1 Å². The van der Waals surface area contributed by atoms with E-state index in [-0.39, 0.29) is 24.2 Å². The second kappa shape index (κ2) is 7.56. The highest BCUT2D eigenvalue weighted by Gasteiger charge is 2.54. The maximum atomic E-state index is 13.4. The second-order valence-electron chi connectivity index (χ2n) is 7.97. The second-order valence-corrected chi connectivity index (χ2v) is 7.97. The summed E-state index contributed by atoms with van der Waals surface area (Å²) in [6.07, 6.45) is 5.01. The number of aliphatic imine (C=N–C) groups is 1. The number of benzene rings is 2. The molecule has 2 unspecified atom stereocenters. The molecule has 0 saturated carbocycles. The first-order chi connectivity index (χ1) is 15.5. The molecule has 0 bridgehead atoms. The number of carbonyl (C=O) groups is 2. The van der Waals surface area contributed by atoms with Crippen molar-refractivity contribution in [3.05, 3.63) is 78.1 Å². The number of phenolic OH excluding ortho intramolecular Hbond substituents is 1. The van der Waals surface area contributed by atoms with E-state index in [0.29, 0.717) is 5.96 Å². The minimum Gasteiger partial charge on any atom is -0.508 e. The van der Waals surface area contributed by atoms with Gasteiger partial charge in [-0.1, -0.05) is 42.5 Å². The molecule has 1 N–H and O–H groups in total. The number of aromatic hydroxyl groups is 1. The Morgan fingerprint density at radius 2 is 1.78 bits per heavy atom. The fourth-order valence-electron chi connectivity index (χ4n) is 4.30. The summed E-state index contributed by atoms with van der Waals surface area (Å²) in [6, 6.07) is 15.6. The van der Waals surface area contributed by atoms with E-state index in [2.05, 4.69) is 0 Å². The molecule has 1 saturated heterocycles. The maximum absolute atomic E-state index is 13.4. The molecule has 0 spiro atoms. The van der Waals surface area contributed by atoms with Crippen LogP contribution in [0.2, 0.25) is 0 Å². The zero-order chi connectivity index (χ0) is 22.4. The number of urea groups is 1. The van der Waals surface area contributed by atoms with Crippen LogP contribution in [0.1, 0.15) is 12.5 Å². The van der Waals surface area contributed by atoms with Gasteiger partial charge in [0, 0.05) is 31.2 Å². The molecule has 3 amide bonds. The van der Waals surface area contributed by atoms with E-state index in [1.54, 1.807) is 31.3 Å². The van der Waals surface area contributed by atoms with Crippen molar-refractivity contribution in [2.24, 2.45) is 4.99 Å². The minimum absolute atomic E-state index is 0.174. The summed E-state index contributed by atoms with van der Waals surface area (Å²) < 4.78 is 0. The Morgan fingerprint density at radius 3 is 2.50 bits per heavy atom. The lowest BCUT2D eigenvalue weighted by Crippen LogP contribution is -2.64. The van der Waals surface area contributed by atoms with E-state index in [0.717, 1.165) is 16.9 Å². The highest BCUT2D eigenvalue weighted by Crippen LogP contribution is 2.36. The summed E-state index contributed by atoms with van der Waals surface area (Å²) in [5.41, 5.74) is 2.72. The van der Waals surface area contributed by atoms with Crippen molar-refractivity contribution < 1.29 is 14.7 Å². The summed E-state index contributed by atoms with van der Waals surface area (Å²) in [5, 5.41) is 9.62. The van der Waals surface area contributed by atoms with Crippen LogP contribution in [0.3, 0.4) is 0 Å². The first kappa shape index (κ1) is 19.9. The van der Waals surface area contributed by atoms with Gasteiger partial charge in [-0.2, -0.15) is 0 Å². The molecule has 3 aliphatic heterocycles. The van der Waals surface area contributed by atoms with E-state index < -0.39 is 12.2 Å². The zero-order valence-electron chi connectivity index (χ0n) is 17.8. The highest BCUT2D eigenvalue weighted by molar-refractivity contribution is 6.10. The van der Waals surface area contributed by atoms with E-state index in [4.69, 9.17) is 4.99 Å². The van der Waals surface area contributed by atoms with Crippen LogP contribution in [0.4, 0.5) is 10.5 Å². The number of fused-ring (bicyclic) bond motifs is 3. The highest BCUT2D eigenvalue weighted by atomic mass is 16.3. The third-order valence-electron chi connectivity index (χ3n) is 5.89. The van der Waals surface area contributed by atoms with Gasteiger partial charge in [-0.3, -0.25) is 14.6 Å². The van der Waals surface area contributed by atoms with Gasteiger partial charge in [0.05, 0.1) is 0 Å². The van der Waals surface area contributed by atoms with Crippen LogP contribution in [0.5, 0.6) is 5.75 Å². The monoisotopic (exact) mass is 429 g/mol. The molecule has 2 atom stereocenters. The van der Waals surface area contributed by atoms with Gasteiger partial charge in [0.2, 0.25) is 5.96 Å². The Kier molecular flexibility index (Phi) is 4.70. The van der Waals surface area contributed by atoms with E-state index in [9.17, 15) is 14.7 Å². The van der Waals surface area contributed by atoms with Crippen LogP contribution < -0.4 is 4.90 Å². The lowest BCUT2D eigenvalue weighted by molar-refractivity contribution is -0.136. The summed E-state index contributed by atoms with van der Waals surface area (Å²) in [5.74, 6) is 0.497. The van der Waals surface area contributed by atoms with Crippen LogP contribution in [0, 0.1) is 0 Å². The molecular weight excluding hydrogens is 406 g/mol. The molecule has 162 valence electrons. The van der Waals surface area contributed by atoms with Crippen LogP contribution in [0.15, 0.2) is 77.6 Å². The number of nitrogens with zero attached hydrogens (tertiary/aromatic N) is 5. The van der Waals surface area contributed by atoms with E-state index in [1.165, 1.54) is 9.80 Å². The molecule has 0 radical (unpaired) electrons. The number of hydrogen-bond acceptors (Lipinski definition) is 6. The normalized spacial score (nSPS) is 22.4. The van der Waals surface area contributed by atoms with Crippen molar-refractivity contribution >= 4 is 29.7 Å². The number of hydrogen-bond donors (Lipinski definition) is 1. The fourth-order valence-corrected chi connectivity index (χ4v) is 4.30. The summed E-state index contributed by atoms with van der Waals surface area (Å²) >= 11 is 0. The molecule has 5 rings (SSSR count). The van der Waals surface area contributed by atoms with E-state index in [1.807, 2.05) is 65.4 Å². The van der Waals surface area contributed by atoms with Crippen LogP contribution >= 0.6 is 0 Å². The average molecular weight is 429 g/mol. The molecule has 2 aromatic rings. The van der Waals surface area contributed by atoms with Crippen LogP contribution in [0.25, 0.3) is 6.08 Å². The lowest BCUT2D eigenvalue weighted by atomic mass is 10.1. The number of allylic oxidation sites excluding steroid dienone is 1. The van der Waals surface area contributed by atoms with Gasteiger partial charge in [-0.15, -0.1) is 0 Å². The number of phenols is 1. The first-order valence-corrected chi connectivity index (χ1v) is 10.4. The Morgan fingerprint density at radius 1 is 1.06 bits per heavy atom. The smallest absolute Gasteiger partial charge is 0.328 e. The zero-order valence-corrected chi connectivity index (χ0v) is 17.8. The topological polar surface area (TPSA) is 79.7 Å². The van der Waals surface area contributed by atoms with Gasteiger partial charge in [0.25, 0.3) is 5.91 Å².